The molecule has 3 fully saturated rings. The van der Waals surface area contributed by atoms with E-state index in [-0.39, 0.29) is 12.1 Å². The minimum absolute atomic E-state index is 0.0393. The third-order valence-corrected chi connectivity index (χ3v) is 4.60. The summed E-state index contributed by atoms with van der Waals surface area (Å²) < 4.78 is 5.47. The zero-order valence-electron chi connectivity index (χ0n) is 11.5. The summed E-state index contributed by atoms with van der Waals surface area (Å²) in [5, 5.41) is 5.78. The van der Waals surface area contributed by atoms with E-state index in [4.69, 9.17) is 4.74 Å². The first kappa shape index (κ1) is 12.6. The number of urea groups is 1. The number of likely N-dealkylation sites (tertiary alicyclic amines) is 1. The van der Waals surface area contributed by atoms with Crippen LogP contribution in [-0.2, 0) is 4.74 Å². The van der Waals surface area contributed by atoms with E-state index in [2.05, 4.69) is 10.6 Å². The molecule has 3 aliphatic rings. The first-order valence-corrected chi connectivity index (χ1v) is 6.96. The van der Waals surface area contributed by atoms with Crippen LogP contribution in [0.4, 0.5) is 9.59 Å². The van der Waals surface area contributed by atoms with E-state index in [0.29, 0.717) is 25.4 Å². The molecule has 1 spiro atoms. The predicted molar refractivity (Wildman–Crippen MR) is 68.7 cm³/mol. The fourth-order valence-corrected chi connectivity index (χ4v) is 2.91. The molecule has 2 saturated heterocycles. The van der Waals surface area contributed by atoms with Crippen molar-refractivity contribution >= 4 is 12.1 Å². The summed E-state index contributed by atoms with van der Waals surface area (Å²) in [5.74, 6) is 0.669. The standard InChI is InChI=1S/C13H21N3O3/c1-12(2)13(19-11(18)15-12)5-6-16(8-13)10(17)14-7-9-3-4-9/h9H,3-8H2,1-2H3,(H,14,17)(H,15,18). The predicted octanol–water partition coefficient (Wildman–Crippen LogP) is 1.07. The highest BCUT2D eigenvalue weighted by molar-refractivity contribution is 5.76. The molecule has 106 valence electrons. The molecular weight excluding hydrogens is 246 g/mol. The van der Waals surface area contributed by atoms with Crippen LogP contribution in [0.5, 0.6) is 0 Å². The number of carbonyl (C=O) groups is 2. The molecule has 2 N–H and O–H groups in total. The molecule has 1 saturated carbocycles. The number of carbonyl (C=O) groups excluding carboxylic acids is 2. The molecule has 2 heterocycles. The van der Waals surface area contributed by atoms with Crippen molar-refractivity contribution in [1.82, 2.24) is 15.5 Å². The first-order chi connectivity index (χ1) is 8.92. The van der Waals surface area contributed by atoms with Crippen molar-refractivity contribution in [1.29, 1.82) is 0 Å². The molecule has 6 heteroatoms. The van der Waals surface area contributed by atoms with Gasteiger partial charge in [0.25, 0.3) is 0 Å². The van der Waals surface area contributed by atoms with Crippen molar-refractivity contribution in [2.45, 2.75) is 44.2 Å². The van der Waals surface area contributed by atoms with Crippen molar-refractivity contribution < 1.29 is 14.3 Å². The van der Waals surface area contributed by atoms with Gasteiger partial charge in [0.05, 0.1) is 12.1 Å². The number of amides is 3. The van der Waals surface area contributed by atoms with Gasteiger partial charge < -0.3 is 20.3 Å². The summed E-state index contributed by atoms with van der Waals surface area (Å²) in [6.45, 7) is 5.76. The van der Waals surface area contributed by atoms with E-state index in [9.17, 15) is 9.59 Å². The van der Waals surface area contributed by atoms with Crippen LogP contribution in [0, 0.1) is 5.92 Å². The maximum atomic E-state index is 12.1. The van der Waals surface area contributed by atoms with Gasteiger partial charge in [-0.15, -0.1) is 0 Å². The minimum Gasteiger partial charge on any atom is -0.438 e. The molecule has 0 radical (unpaired) electrons. The average molecular weight is 267 g/mol. The third-order valence-electron chi connectivity index (χ3n) is 4.60. The molecule has 2 aliphatic heterocycles. The topological polar surface area (TPSA) is 70.7 Å². The van der Waals surface area contributed by atoms with Gasteiger partial charge in [0.2, 0.25) is 0 Å². The quantitative estimate of drug-likeness (QED) is 0.786. The van der Waals surface area contributed by atoms with Gasteiger partial charge in [-0.3, -0.25) is 0 Å². The molecule has 3 amide bonds. The molecule has 0 aromatic heterocycles. The molecule has 0 bridgehead atoms. The third kappa shape index (κ3) is 2.13. The van der Waals surface area contributed by atoms with Gasteiger partial charge in [0.1, 0.15) is 0 Å². The van der Waals surface area contributed by atoms with E-state index in [1.807, 2.05) is 13.8 Å². The lowest BCUT2D eigenvalue weighted by Gasteiger charge is -2.34. The van der Waals surface area contributed by atoms with Gasteiger partial charge in [0.15, 0.2) is 5.60 Å². The van der Waals surface area contributed by atoms with Gasteiger partial charge in [0, 0.05) is 19.5 Å². The van der Waals surface area contributed by atoms with Crippen LogP contribution in [0.15, 0.2) is 0 Å². The zero-order valence-corrected chi connectivity index (χ0v) is 11.5. The van der Waals surface area contributed by atoms with Crippen molar-refractivity contribution in [2.75, 3.05) is 19.6 Å². The van der Waals surface area contributed by atoms with Crippen LogP contribution in [-0.4, -0.2) is 47.8 Å². The normalized spacial score (nSPS) is 32.3. The lowest BCUT2D eigenvalue weighted by atomic mass is 9.83. The van der Waals surface area contributed by atoms with Crippen LogP contribution in [0.25, 0.3) is 0 Å². The Morgan fingerprint density at radius 3 is 2.84 bits per heavy atom. The van der Waals surface area contributed by atoms with Crippen molar-refractivity contribution in [3.63, 3.8) is 0 Å². The highest BCUT2D eigenvalue weighted by Crippen LogP contribution is 2.39. The Morgan fingerprint density at radius 1 is 1.53 bits per heavy atom. The second-order valence-electron chi connectivity index (χ2n) is 6.43. The number of hydrogen-bond acceptors (Lipinski definition) is 3. The molecule has 3 rings (SSSR count). The molecular formula is C13H21N3O3. The summed E-state index contributed by atoms with van der Waals surface area (Å²) in [6, 6.07) is -0.0393. The van der Waals surface area contributed by atoms with E-state index in [1.54, 1.807) is 4.90 Å². The Balaban J connectivity index is 1.62. The zero-order chi connectivity index (χ0) is 13.7. The number of hydrogen-bond donors (Lipinski definition) is 2. The summed E-state index contributed by atoms with van der Waals surface area (Å²) in [4.78, 5) is 25.3. The van der Waals surface area contributed by atoms with Gasteiger partial charge >= 0.3 is 12.1 Å². The van der Waals surface area contributed by atoms with Crippen molar-refractivity contribution in [3.05, 3.63) is 0 Å². The van der Waals surface area contributed by atoms with E-state index >= 15 is 0 Å². The summed E-state index contributed by atoms with van der Waals surface area (Å²) >= 11 is 0. The first-order valence-electron chi connectivity index (χ1n) is 6.96. The van der Waals surface area contributed by atoms with Crippen LogP contribution >= 0.6 is 0 Å². The number of ether oxygens (including phenoxy) is 1. The minimum atomic E-state index is -0.582. The fourth-order valence-electron chi connectivity index (χ4n) is 2.91. The van der Waals surface area contributed by atoms with E-state index < -0.39 is 11.1 Å². The van der Waals surface area contributed by atoms with Crippen LogP contribution < -0.4 is 10.6 Å². The lowest BCUT2D eigenvalue weighted by molar-refractivity contribution is 0.0220. The number of alkyl carbamates (subject to hydrolysis) is 1. The van der Waals surface area contributed by atoms with Gasteiger partial charge in [-0.25, -0.2) is 9.59 Å². The van der Waals surface area contributed by atoms with Gasteiger partial charge in [-0.2, -0.15) is 0 Å². The number of nitrogens with one attached hydrogen (secondary N) is 2. The highest BCUT2D eigenvalue weighted by atomic mass is 16.6. The number of nitrogens with zero attached hydrogens (tertiary/aromatic N) is 1. The molecule has 6 nitrogen and oxygen atoms in total. The highest BCUT2D eigenvalue weighted by Gasteiger charge is 2.58. The Kier molecular flexibility index (Phi) is 2.66. The smallest absolute Gasteiger partial charge is 0.408 e. The van der Waals surface area contributed by atoms with Gasteiger partial charge in [-0.05, 0) is 32.6 Å². The Morgan fingerprint density at radius 2 is 2.26 bits per heavy atom. The Hall–Kier alpha value is -1.46. The summed E-state index contributed by atoms with van der Waals surface area (Å²) in [5.41, 5.74) is -1.02. The van der Waals surface area contributed by atoms with Crippen LogP contribution in [0.1, 0.15) is 33.1 Å². The summed E-state index contributed by atoms with van der Waals surface area (Å²) in [7, 11) is 0. The molecule has 1 atom stereocenters. The monoisotopic (exact) mass is 267 g/mol. The van der Waals surface area contributed by atoms with Crippen LogP contribution in [0.2, 0.25) is 0 Å². The lowest BCUT2D eigenvalue weighted by Crippen LogP contribution is -2.54. The van der Waals surface area contributed by atoms with Crippen LogP contribution in [0.3, 0.4) is 0 Å². The van der Waals surface area contributed by atoms with E-state index in [1.165, 1.54) is 12.8 Å². The van der Waals surface area contributed by atoms with Crippen molar-refractivity contribution in [3.8, 4) is 0 Å². The maximum Gasteiger partial charge on any atom is 0.408 e. The fraction of sp³-hybridized carbons (Fsp3) is 0.846. The van der Waals surface area contributed by atoms with Gasteiger partial charge in [-0.1, -0.05) is 0 Å². The second kappa shape index (κ2) is 4.02. The average Bonchev–Trinajstić information content (AvgIpc) is 3.00. The SMILES string of the molecule is CC1(C)NC(=O)OC12CCN(C(=O)NCC1CC1)C2. The molecule has 1 unspecified atom stereocenters. The van der Waals surface area contributed by atoms with E-state index in [0.717, 1.165) is 6.54 Å². The number of rotatable bonds is 2. The largest absolute Gasteiger partial charge is 0.438 e. The molecule has 0 aromatic rings. The maximum absolute atomic E-state index is 12.1. The Labute approximate surface area is 112 Å². The Bertz CT molecular complexity index is 419. The molecule has 0 aromatic carbocycles. The second-order valence-corrected chi connectivity index (χ2v) is 6.43. The molecule has 19 heavy (non-hydrogen) atoms. The summed E-state index contributed by atoms with van der Waals surface area (Å²) in [6.07, 6.45) is 2.75. The molecule has 1 aliphatic carbocycles. The van der Waals surface area contributed by atoms with Crippen molar-refractivity contribution in [2.24, 2.45) is 5.92 Å².